The van der Waals surface area contributed by atoms with Gasteiger partial charge in [-0.2, -0.15) is 0 Å². The number of rotatable bonds is 5. The maximum atomic E-state index is 9.19. The Balaban J connectivity index is 2.41. The predicted octanol–water partition coefficient (Wildman–Crippen LogP) is 2.51. The zero-order valence-electron chi connectivity index (χ0n) is 9.10. The van der Waals surface area contributed by atoms with Crippen molar-refractivity contribution in [1.29, 1.82) is 0 Å². The Hall–Kier alpha value is -0.380. The molecule has 14 heavy (non-hydrogen) atoms. The van der Waals surface area contributed by atoms with Crippen molar-refractivity contribution in [2.24, 2.45) is 0 Å². The quantitative estimate of drug-likeness (QED) is 0.812. The minimum atomic E-state index is -0.201. The minimum Gasteiger partial charge on any atom is -0.393 e. The molecule has 0 aromatic carbocycles. The van der Waals surface area contributed by atoms with E-state index in [4.69, 9.17) is 0 Å². The maximum Gasteiger partial charge on any atom is 0.0524 e. The van der Waals surface area contributed by atoms with Gasteiger partial charge in [-0.25, -0.2) is 0 Å². The van der Waals surface area contributed by atoms with Gasteiger partial charge in [-0.15, -0.1) is 11.3 Å². The highest BCUT2D eigenvalue weighted by atomic mass is 32.1. The van der Waals surface area contributed by atoms with E-state index < -0.39 is 0 Å². The Labute approximate surface area is 90.2 Å². The van der Waals surface area contributed by atoms with E-state index in [0.717, 1.165) is 13.0 Å². The SMILES string of the molecule is CC(O)CCN(C)C(C)c1cccs1. The van der Waals surface area contributed by atoms with Gasteiger partial charge in [0.25, 0.3) is 0 Å². The summed E-state index contributed by atoms with van der Waals surface area (Å²) in [7, 11) is 2.10. The molecule has 0 radical (unpaired) electrons. The number of aliphatic hydroxyl groups excluding tert-OH is 1. The van der Waals surface area contributed by atoms with Crippen LogP contribution >= 0.6 is 11.3 Å². The van der Waals surface area contributed by atoms with Gasteiger partial charge in [0.2, 0.25) is 0 Å². The van der Waals surface area contributed by atoms with Crippen LogP contribution in [0.3, 0.4) is 0 Å². The standard InChI is InChI=1S/C11H19NOS/c1-9(13)6-7-12(3)10(2)11-5-4-8-14-11/h4-5,8-10,13H,6-7H2,1-3H3. The second-order valence-corrected chi connectivity index (χ2v) is 4.79. The van der Waals surface area contributed by atoms with E-state index in [-0.39, 0.29) is 6.10 Å². The van der Waals surface area contributed by atoms with Crippen molar-refractivity contribution < 1.29 is 5.11 Å². The monoisotopic (exact) mass is 213 g/mol. The van der Waals surface area contributed by atoms with Gasteiger partial charge in [-0.3, -0.25) is 4.90 Å². The normalized spacial score (nSPS) is 15.8. The van der Waals surface area contributed by atoms with E-state index in [2.05, 4.69) is 36.4 Å². The van der Waals surface area contributed by atoms with Crippen LogP contribution in [0.15, 0.2) is 17.5 Å². The fourth-order valence-corrected chi connectivity index (χ4v) is 2.18. The molecule has 2 unspecified atom stereocenters. The van der Waals surface area contributed by atoms with Crippen LogP contribution in [0, 0.1) is 0 Å². The smallest absolute Gasteiger partial charge is 0.0524 e. The first-order valence-corrected chi connectivity index (χ1v) is 5.91. The second kappa shape index (κ2) is 5.49. The molecule has 1 heterocycles. The van der Waals surface area contributed by atoms with Gasteiger partial charge < -0.3 is 5.11 Å². The highest BCUT2D eigenvalue weighted by Crippen LogP contribution is 2.23. The summed E-state index contributed by atoms with van der Waals surface area (Å²) in [5, 5.41) is 11.3. The highest BCUT2D eigenvalue weighted by molar-refractivity contribution is 7.10. The lowest BCUT2D eigenvalue weighted by atomic mass is 10.2. The number of nitrogens with zero attached hydrogens (tertiary/aromatic N) is 1. The Morgan fingerprint density at radius 3 is 2.71 bits per heavy atom. The molecule has 0 amide bonds. The number of hydrogen-bond acceptors (Lipinski definition) is 3. The van der Waals surface area contributed by atoms with E-state index in [1.165, 1.54) is 4.88 Å². The third-order valence-electron chi connectivity index (χ3n) is 2.52. The lowest BCUT2D eigenvalue weighted by Gasteiger charge is -2.24. The van der Waals surface area contributed by atoms with Crippen LogP contribution in [0.1, 0.15) is 31.2 Å². The van der Waals surface area contributed by atoms with Crippen molar-refractivity contribution in [3.05, 3.63) is 22.4 Å². The van der Waals surface area contributed by atoms with Gasteiger partial charge in [-0.05, 0) is 38.8 Å². The van der Waals surface area contributed by atoms with Crippen LogP contribution < -0.4 is 0 Å². The van der Waals surface area contributed by atoms with Crippen LogP contribution in [-0.2, 0) is 0 Å². The van der Waals surface area contributed by atoms with Crippen molar-refractivity contribution in [3.63, 3.8) is 0 Å². The summed E-state index contributed by atoms with van der Waals surface area (Å²) < 4.78 is 0. The van der Waals surface area contributed by atoms with Crippen molar-refractivity contribution in [2.75, 3.05) is 13.6 Å². The molecule has 0 fully saturated rings. The lowest BCUT2D eigenvalue weighted by Crippen LogP contribution is -2.25. The molecule has 0 bridgehead atoms. The van der Waals surface area contributed by atoms with E-state index in [1.807, 2.05) is 6.92 Å². The first kappa shape index (κ1) is 11.7. The second-order valence-electron chi connectivity index (χ2n) is 3.81. The number of thiophene rings is 1. The predicted molar refractivity (Wildman–Crippen MR) is 61.7 cm³/mol. The lowest BCUT2D eigenvalue weighted by molar-refractivity contribution is 0.153. The minimum absolute atomic E-state index is 0.201. The maximum absolute atomic E-state index is 9.19. The molecule has 2 nitrogen and oxygen atoms in total. The molecule has 0 aliphatic carbocycles. The van der Waals surface area contributed by atoms with E-state index in [0.29, 0.717) is 6.04 Å². The first-order chi connectivity index (χ1) is 6.61. The van der Waals surface area contributed by atoms with E-state index in [9.17, 15) is 5.11 Å². The molecule has 3 heteroatoms. The third-order valence-corrected chi connectivity index (χ3v) is 3.56. The molecule has 0 saturated carbocycles. The molecule has 0 aliphatic rings. The van der Waals surface area contributed by atoms with Gasteiger partial charge >= 0.3 is 0 Å². The largest absolute Gasteiger partial charge is 0.393 e. The zero-order chi connectivity index (χ0) is 10.6. The summed E-state index contributed by atoms with van der Waals surface area (Å²) in [5.41, 5.74) is 0. The Kier molecular flexibility index (Phi) is 4.58. The summed E-state index contributed by atoms with van der Waals surface area (Å²) >= 11 is 1.79. The molecule has 1 aromatic heterocycles. The summed E-state index contributed by atoms with van der Waals surface area (Å²) in [5.74, 6) is 0. The van der Waals surface area contributed by atoms with Gasteiger partial charge in [0, 0.05) is 17.5 Å². The van der Waals surface area contributed by atoms with Crippen LogP contribution in [-0.4, -0.2) is 29.7 Å². The van der Waals surface area contributed by atoms with Crippen molar-refractivity contribution in [2.45, 2.75) is 32.4 Å². The summed E-state index contributed by atoms with van der Waals surface area (Å²) in [4.78, 5) is 3.66. The number of hydrogen-bond donors (Lipinski definition) is 1. The molecule has 1 aromatic rings. The van der Waals surface area contributed by atoms with Crippen molar-refractivity contribution >= 4 is 11.3 Å². The van der Waals surface area contributed by atoms with E-state index >= 15 is 0 Å². The highest BCUT2D eigenvalue weighted by Gasteiger charge is 2.12. The average Bonchev–Trinajstić information content (AvgIpc) is 2.65. The van der Waals surface area contributed by atoms with E-state index in [1.54, 1.807) is 11.3 Å². The fraction of sp³-hybridized carbons (Fsp3) is 0.636. The summed E-state index contributed by atoms with van der Waals surface area (Å²) in [6.07, 6.45) is 0.639. The van der Waals surface area contributed by atoms with Crippen molar-refractivity contribution in [1.82, 2.24) is 4.90 Å². The summed E-state index contributed by atoms with van der Waals surface area (Å²) in [6, 6.07) is 4.70. The zero-order valence-corrected chi connectivity index (χ0v) is 9.92. The summed E-state index contributed by atoms with van der Waals surface area (Å²) in [6.45, 7) is 4.98. The van der Waals surface area contributed by atoms with Crippen LogP contribution in [0.2, 0.25) is 0 Å². The Morgan fingerprint density at radius 1 is 1.50 bits per heavy atom. The van der Waals surface area contributed by atoms with Gasteiger partial charge in [-0.1, -0.05) is 6.07 Å². The molecule has 0 saturated heterocycles. The fourth-order valence-electron chi connectivity index (χ4n) is 1.33. The molecule has 0 spiro atoms. The van der Waals surface area contributed by atoms with Crippen molar-refractivity contribution in [3.8, 4) is 0 Å². The molecule has 1 N–H and O–H groups in total. The van der Waals surface area contributed by atoms with Gasteiger partial charge in [0.1, 0.15) is 0 Å². The molecule has 1 rings (SSSR count). The molecular weight excluding hydrogens is 194 g/mol. The molecule has 2 atom stereocenters. The Bertz CT molecular complexity index is 246. The molecule has 0 aliphatic heterocycles. The first-order valence-electron chi connectivity index (χ1n) is 5.03. The van der Waals surface area contributed by atoms with Crippen LogP contribution in [0.25, 0.3) is 0 Å². The van der Waals surface area contributed by atoms with Gasteiger partial charge in [0.15, 0.2) is 0 Å². The average molecular weight is 213 g/mol. The van der Waals surface area contributed by atoms with Crippen LogP contribution in [0.4, 0.5) is 0 Å². The van der Waals surface area contributed by atoms with Crippen LogP contribution in [0.5, 0.6) is 0 Å². The third kappa shape index (κ3) is 3.40. The Morgan fingerprint density at radius 2 is 2.21 bits per heavy atom. The topological polar surface area (TPSA) is 23.5 Å². The van der Waals surface area contributed by atoms with Gasteiger partial charge in [0.05, 0.1) is 6.10 Å². The molecule has 80 valence electrons. The molecular formula is C11H19NOS. The number of aliphatic hydroxyl groups is 1.